The minimum absolute atomic E-state index is 0. The quantitative estimate of drug-likeness (QED) is 0.566. The monoisotopic (exact) mass is 329 g/mol. The van der Waals surface area contributed by atoms with E-state index in [1.54, 1.807) is 12.1 Å². The number of hydrogen-bond donors (Lipinski definition) is 1. The summed E-state index contributed by atoms with van der Waals surface area (Å²) in [6.45, 7) is 0. The largest absolute Gasteiger partial charge is 1.00 e. The Bertz CT molecular complexity index is 582. The maximum absolute atomic E-state index is 10.6. The zero-order valence-electron chi connectivity index (χ0n) is 11.7. The smallest absolute Gasteiger partial charge is 0.478 e. The number of carboxylic acids is 1. The summed E-state index contributed by atoms with van der Waals surface area (Å²) in [5.41, 5.74) is 2.47. The molecule has 0 aliphatic carbocycles. The third kappa shape index (κ3) is 6.47. The van der Waals surface area contributed by atoms with Gasteiger partial charge in [0.05, 0.1) is 0 Å². The van der Waals surface area contributed by atoms with Crippen molar-refractivity contribution in [3.63, 3.8) is 0 Å². The van der Waals surface area contributed by atoms with Crippen LogP contribution < -0.4 is 29.6 Å². The number of carboxylic acid groups (broad SMARTS) is 1. The van der Waals surface area contributed by atoms with Crippen molar-refractivity contribution in [2.45, 2.75) is 0 Å². The van der Waals surface area contributed by atoms with Crippen molar-refractivity contribution in [2.24, 2.45) is 0 Å². The average Bonchev–Trinajstić information content (AvgIpc) is 3.15. The van der Waals surface area contributed by atoms with Gasteiger partial charge in [0, 0.05) is 22.6 Å². The van der Waals surface area contributed by atoms with Gasteiger partial charge in [-0.3, -0.25) is 0 Å². The third-order valence-corrected chi connectivity index (χ3v) is 2.68. The van der Waals surface area contributed by atoms with Gasteiger partial charge in [-0.15, -0.1) is 29.8 Å². The number of aromatic carboxylic acids is 1. The van der Waals surface area contributed by atoms with Crippen molar-refractivity contribution in [3.8, 4) is 11.1 Å². The van der Waals surface area contributed by atoms with E-state index in [4.69, 9.17) is 5.11 Å². The summed E-state index contributed by atoms with van der Waals surface area (Å²) in [5, 5.41) is 8.71. The fourth-order valence-electron chi connectivity index (χ4n) is 1.69. The molecule has 1 N–H and O–H groups in total. The van der Waals surface area contributed by atoms with E-state index in [9.17, 15) is 4.79 Å². The topological polar surface area (TPSA) is 37.3 Å². The van der Waals surface area contributed by atoms with Crippen LogP contribution in [0.2, 0.25) is 0 Å². The summed E-state index contributed by atoms with van der Waals surface area (Å²) in [5.74, 6) is -0.890. The number of benzene rings is 1. The molecule has 3 aromatic carbocycles. The Labute approximate surface area is 157 Å². The molecule has 3 aromatic rings. The van der Waals surface area contributed by atoms with Crippen molar-refractivity contribution < 1.29 is 56.5 Å². The van der Waals surface area contributed by atoms with Gasteiger partial charge in [-0.1, -0.05) is 17.7 Å². The Balaban J connectivity index is 0.000000491. The van der Waals surface area contributed by atoms with Gasteiger partial charge in [-0.25, -0.2) is 16.9 Å². The molecule has 0 aliphatic rings. The maximum atomic E-state index is 10.6. The van der Waals surface area contributed by atoms with Crippen LogP contribution in [0.15, 0.2) is 78.9 Å². The van der Waals surface area contributed by atoms with E-state index in [0.717, 1.165) is 11.1 Å². The zero-order chi connectivity index (χ0) is 13.5. The molecule has 0 saturated carbocycles. The molecule has 2 nitrogen and oxygen atoms in total. The molecule has 104 valence electrons. The van der Waals surface area contributed by atoms with E-state index in [-0.39, 0.29) is 46.6 Å². The molecular weight excluding hydrogens is 315 g/mol. The molecule has 3 rings (SSSR count). The van der Waals surface area contributed by atoms with Gasteiger partial charge < -0.3 is 5.11 Å². The molecule has 0 radical (unpaired) electrons. The summed E-state index contributed by atoms with van der Waals surface area (Å²) in [4.78, 5) is 10.6. The molecule has 0 aliphatic heterocycles. The van der Waals surface area contributed by atoms with Crippen LogP contribution in [0, 0.1) is 0 Å². The Morgan fingerprint density at radius 2 is 1.48 bits per heavy atom. The van der Waals surface area contributed by atoms with Gasteiger partial charge in [0.25, 0.3) is 0 Å². The molecule has 0 spiro atoms. The molecular formula is C17H14FeNaO2-. The predicted octanol–water partition coefficient (Wildman–Crippen LogP) is 1.18. The molecule has 0 fully saturated rings. The molecule has 0 saturated heterocycles. The Morgan fingerprint density at radius 1 is 0.952 bits per heavy atom. The summed E-state index contributed by atoms with van der Waals surface area (Å²) >= 11 is 0. The van der Waals surface area contributed by atoms with Crippen LogP contribution in [0.5, 0.6) is 0 Å². The van der Waals surface area contributed by atoms with Crippen LogP contribution in [0.25, 0.3) is 11.1 Å². The summed E-state index contributed by atoms with van der Waals surface area (Å²) in [6, 6.07) is 24.8. The maximum Gasteiger partial charge on any atom is 1.00 e. The van der Waals surface area contributed by atoms with E-state index in [1.807, 2.05) is 66.7 Å². The summed E-state index contributed by atoms with van der Waals surface area (Å²) in [7, 11) is 0. The predicted molar refractivity (Wildman–Crippen MR) is 76.5 cm³/mol. The van der Waals surface area contributed by atoms with Crippen molar-refractivity contribution >= 4 is 5.97 Å². The molecule has 0 aromatic heterocycles. The van der Waals surface area contributed by atoms with Gasteiger partial charge in [-0.2, -0.15) is 30.3 Å². The minimum atomic E-state index is -0.890. The van der Waals surface area contributed by atoms with Gasteiger partial charge in [-0.05, 0) is 0 Å². The van der Waals surface area contributed by atoms with Crippen LogP contribution in [0.1, 0.15) is 10.4 Å². The SMILES string of the molecule is O=C(O)c1ccc(-[c-]2cccc2)cc1.[Fe].[Na+].c1cc[cH-]c1. The molecule has 0 atom stereocenters. The molecule has 0 unspecified atom stereocenters. The van der Waals surface area contributed by atoms with E-state index >= 15 is 0 Å². The second-order valence-corrected chi connectivity index (χ2v) is 4.02. The average molecular weight is 329 g/mol. The molecule has 21 heavy (non-hydrogen) atoms. The Hall–Kier alpha value is -1.09. The van der Waals surface area contributed by atoms with E-state index in [1.165, 1.54) is 0 Å². The fraction of sp³-hybridized carbons (Fsp3) is 0. The van der Waals surface area contributed by atoms with Crippen molar-refractivity contribution in [1.29, 1.82) is 0 Å². The first kappa shape index (κ1) is 19.9. The van der Waals surface area contributed by atoms with Crippen LogP contribution in [0.3, 0.4) is 0 Å². The van der Waals surface area contributed by atoms with Crippen molar-refractivity contribution in [2.75, 3.05) is 0 Å². The van der Waals surface area contributed by atoms with Crippen LogP contribution in [-0.4, -0.2) is 11.1 Å². The molecule has 0 bridgehead atoms. The number of hydrogen-bond acceptors (Lipinski definition) is 1. The second kappa shape index (κ2) is 10.6. The van der Waals surface area contributed by atoms with Gasteiger partial charge in [0.2, 0.25) is 0 Å². The first-order valence-corrected chi connectivity index (χ1v) is 5.99. The van der Waals surface area contributed by atoms with E-state index in [0.29, 0.717) is 5.56 Å². The van der Waals surface area contributed by atoms with Crippen LogP contribution >= 0.6 is 0 Å². The van der Waals surface area contributed by atoms with Gasteiger partial charge >= 0.3 is 35.5 Å². The Morgan fingerprint density at radius 3 is 1.86 bits per heavy atom. The van der Waals surface area contributed by atoms with Gasteiger partial charge in [0.15, 0.2) is 0 Å². The molecule has 0 amide bonds. The zero-order valence-corrected chi connectivity index (χ0v) is 14.8. The van der Waals surface area contributed by atoms with Crippen LogP contribution in [-0.2, 0) is 17.1 Å². The summed E-state index contributed by atoms with van der Waals surface area (Å²) < 4.78 is 0. The minimum Gasteiger partial charge on any atom is -0.478 e. The number of rotatable bonds is 2. The summed E-state index contributed by atoms with van der Waals surface area (Å²) in [6.07, 6.45) is 0. The van der Waals surface area contributed by atoms with Crippen molar-refractivity contribution in [1.82, 2.24) is 0 Å². The number of carbonyl (C=O) groups is 1. The van der Waals surface area contributed by atoms with E-state index in [2.05, 4.69) is 0 Å². The van der Waals surface area contributed by atoms with E-state index < -0.39 is 5.97 Å². The third-order valence-electron chi connectivity index (χ3n) is 2.68. The van der Waals surface area contributed by atoms with Crippen molar-refractivity contribution in [3.05, 3.63) is 84.4 Å². The Kier molecular flexibility index (Phi) is 10.1. The first-order chi connectivity index (χ1) is 9.27. The second-order valence-electron chi connectivity index (χ2n) is 4.02. The first-order valence-electron chi connectivity index (χ1n) is 5.99. The normalized spacial score (nSPS) is 8.57. The van der Waals surface area contributed by atoms with Crippen LogP contribution in [0.4, 0.5) is 0 Å². The standard InChI is InChI=1S/C12H9O2.C5H5.Fe.Na/c13-12(14)11-7-5-10(6-8-11)9-3-1-2-4-9;1-2-4-5-3-1;;/h1-8H,(H,13,14);1-5H;;/q2*-1;;+1. The fourth-order valence-corrected chi connectivity index (χ4v) is 1.69. The molecule has 0 heterocycles. The molecule has 4 heteroatoms. The van der Waals surface area contributed by atoms with Gasteiger partial charge in [0.1, 0.15) is 0 Å².